The molecule has 0 fully saturated rings. The van der Waals surface area contributed by atoms with E-state index in [9.17, 15) is 4.79 Å². The largest absolute Gasteiger partial charge is 0.298 e. The summed E-state index contributed by atoms with van der Waals surface area (Å²) in [7, 11) is 1.77. The van der Waals surface area contributed by atoms with Gasteiger partial charge in [-0.3, -0.25) is 19.5 Å². The summed E-state index contributed by atoms with van der Waals surface area (Å²) in [6, 6.07) is 30.3. The van der Waals surface area contributed by atoms with Crippen LogP contribution in [-0.2, 0) is 7.05 Å². The molecule has 154 valence electrons. The SMILES string of the molecule is C(=NC(N=Cc1ccccc1)c1ccccc1)c1ccccc1.Cn1cc(C=O)cn1. The lowest BCUT2D eigenvalue weighted by Gasteiger charge is -2.07. The Bertz CT molecular complexity index is 1050. The first-order valence-corrected chi connectivity index (χ1v) is 9.90. The predicted molar refractivity (Wildman–Crippen MR) is 126 cm³/mol. The van der Waals surface area contributed by atoms with Gasteiger partial charge in [-0.15, -0.1) is 0 Å². The van der Waals surface area contributed by atoms with Crippen LogP contribution in [0.2, 0.25) is 0 Å². The Kier molecular flexibility index (Phi) is 8.20. The molecule has 4 aromatic rings. The van der Waals surface area contributed by atoms with Gasteiger partial charge in [0.2, 0.25) is 0 Å². The summed E-state index contributed by atoms with van der Waals surface area (Å²) in [6.07, 6.45) is 7.46. The molecule has 0 spiro atoms. The molecule has 0 radical (unpaired) electrons. The molecule has 0 aliphatic carbocycles. The summed E-state index contributed by atoms with van der Waals surface area (Å²) in [5.41, 5.74) is 3.84. The molecule has 3 aromatic carbocycles. The minimum Gasteiger partial charge on any atom is -0.298 e. The highest BCUT2D eigenvalue weighted by atomic mass is 16.1. The van der Waals surface area contributed by atoms with Crippen molar-refractivity contribution in [1.82, 2.24) is 9.78 Å². The molecule has 5 heteroatoms. The average Bonchev–Trinajstić information content (AvgIpc) is 3.27. The second kappa shape index (κ2) is 11.8. The standard InChI is InChI=1S/C21H18N2.C5H6N2O/c1-4-10-18(11-5-1)16-22-21(20-14-8-3-9-15-20)23-17-19-12-6-2-7-13-19;1-7-3-5(4-8)2-6-7/h1-17,21H;2-4H,1H3. The Balaban J connectivity index is 0.000000287. The van der Waals surface area contributed by atoms with E-state index < -0.39 is 0 Å². The third-order valence-corrected chi connectivity index (χ3v) is 4.29. The summed E-state index contributed by atoms with van der Waals surface area (Å²) in [4.78, 5) is 19.3. The van der Waals surface area contributed by atoms with E-state index in [-0.39, 0.29) is 6.17 Å². The zero-order valence-electron chi connectivity index (χ0n) is 17.3. The molecule has 0 saturated carbocycles. The number of hydrogen-bond acceptors (Lipinski definition) is 4. The molecule has 5 nitrogen and oxygen atoms in total. The Morgan fingerprint density at radius 2 is 1.23 bits per heavy atom. The van der Waals surface area contributed by atoms with Crippen LogP contribution in [0.25, 0.3) is 0 Å². The molecule has 0 atom stereocenters. The highest BCUT2D eigenvalue weighted by Crippen LogP contribution is 2.18. The first-order valence-electron chi connectivity index (χ1n) is 9.90. The number of benzene rings is 3. The monoisotopic (exact) mass is 408 g/mol. The van der Waals surface area contributed by atoms with Crippen molar-refractivity contribution in [2.75, 3.05) is 0 Å². The molecule has 31 heavy (non-hydrogen) atoms. The second-order valence-electron chi connectivity index (χ2n) is 6.73. The molecule has 0 unspecified atom stereocenters. The third kappa shape index (κ3) is 7.33. The smallest absolute Gasteiger partial charge is 0.165 e. The van der Waals surface area contributed by atoms with E-state index in [1.54, 1.807) is 17.9 Å². The van der Waals surface area contributed by atoms with Crippen LogP contribution in [0.1, 0.15) is 33.2 Å². The van der Waals surface area contributed by atoms with Gasteiger partial charge in [-0.25, -0.2) is 0 Å². The van der Waals surface area contributed by atoms with Gasteiger partial charge in [-0.1, -0.05) is 91.0 Å². The van der Waals surface area contributed by atoms with Crippen LogP contribution in [0, 0.1) is 0 Å². The second-order valence-corrected chi connectivity index (χ2v) is 6.73. The lowest BCUT2D eigenvalue weighted by Crippen LogP contribution is -1.94. The van der Waals surface area contributed by atoms with Gasteiger partial charge in [0.15, 0.2) is 12.5 Å². The van der Waals surface area contributed by atoms with Crippen molar-refractivity contribution >= 4 is 18.7 Å². The highest BCUT2D eigenvalue weighted by Gasteiger charge is 2.05. The van der Waals surface area contributed by atoms with Crippen LogP contribution >= 0.6 is 0 Å². The Labute approximate surface area is 182 Å². The number of nitrogens with zero attached hydrogens (tertiary/aromatic N) is 4. The van der Waals surface area contributed by atoms with E-state index in [2.05, 4.69) is 27.2 Å². The van der Waals surface area contributed by atoms with E-state index in [1.807, 2.05) is 91.3 Å². The Morgan fingerprint density at radius 3 is 1.61 bits per heavy atom. The van der Waals surface area contributed by atoms with Crippen molar-refractivity contribution in [3.63, 3.8) is 0 Å². The zero-order chi connectivity index (χ0) is 21.7. The maximum atomic E-state index is 9.97. The molecule has 1 aromatic heterocycles. The van der Waals surface area contributed by atoms with Gasteiger partial charge in [0.25, 0.3) is 0 Å². The summed E-state index contributed by atoms with van der Waals surface area (Å²) in [5.74, 6) is 0. The van der Waals surface area contributed by atoms with Gasteiger partial charge >= 0.3 is 0 Å². The topological polar surface area (TPSA) is 59.6 Å². The van der Waals surface area contributed by atoms with E-state index in [0.29, 0.717) is 5.56 Å². The number of aldehydes is 1. The number of hydrogen-bond donors (Lipinski definition) is 0. The van der Waals surface area contributed by atoms with Gasteiger partial charge in [0.05, 0.1) is 11.8 Å². The molecule has 1 heterocycles. The summed E-state index contributed by atoms with van der Waals surface area (Å²) >= 11 is 0. The Hall–Kier alpha value is -4.12. The lowest BCUT2D eigenvalue weighted by molar-refractivity contribution is 0.112. The molecule has 0 N–H and O–H groups in total. The number of carbonyl (C=O) groups excluding carboxylic acids is 1. The Morgan fingerprint density at radius 1 is 0.742 bits per heavy atom. The molecular formula is C26H24N4O. The predicted octanol–water partition coefficient (Wildman–Crippen LogP) is 5.16. The van der Waals surface area contributed by atoms with Crippen molar-refractivity contribution < 1.29 is 4.79 Å². The first kappa shape index (κ1) is 21.6. The van der Waals surface area contributed by atoms with Crippen molar-refractivity contribution in [3.8, 4) is 0 Å². The third-order valence-electron chi connectivity index (χ3n) is 4.29. The fourth-order valence-electron chi connectivity index (χ4n) is 2.73. The number of rotatable bonds is 6. The summed E-state index contributed by atoms with van der Waals surface area (Å²) in [5, 5.41) is 3.77. The number of aryl methyl sites for hydroxylation is 1. The van der Waals surface area contributed by atoms with Crippen LogP contribution in [0.4, 0.5) is 0 Å². The fraction of sp³-hybridized carbons (Fsp3) is 0.0769. The average molecular weight is 409 g/mol. The van der Waals surface area contributed by atoms with Crippen LogP contribution in [0.5, 0.6) is 0 Å². The minimum absolute atomic E-state index is 0.239. The molecule has 0 saturated heterocycles. The van der Waals surface area contributed by atoms with E-state index in [0.717, 1.165) is 23.0 Å². The van der Waals surface area contributed by atoms with Gasteiger partial charge in [-0.05, 0) is 16.7 Å². The van der Waals surface area contributed by atoms with Crippen molar-refractivity contribution in [2.45, 2.75) is 6.17 Å². The van der Waals surface area contributed by atoms with Gasteiger partial charge < -0.3 is 0 Å². The minimum atomic E-state index is -0.239. The molecule has 0 aliphatic rings. The molecular weight excluding hydrogens is 384 g/mol. The van der Waals surface area contributed by atoms with Crippen molar-refractivity contribution in [1.29, 1.82) is 0 Å². The van der Waals surface area contributed by atoms with Crippen LogP contribution < -0.4 is 0 Å². The highest BCUT2D eigenvalue weighted by molar-refractivity contribution is 5.81. The molecule has 0 amide bonds. The van der Waals surface area contributed by atoms with Crippen LogP contribution in [0.3, 0.4) is 0 Å². The van der Waals surface area contributed by atoms with Gasteiger partial charge in [0, 0.05) is 25.7 Å². The first-order chi connectivity index (χ1) is 15.2. The van der Waals surface area contributed by atoms with E-state index in [1.165, 1.54) is 6.20 Å². The lowest BCUT2D eigenvalue weighted by atomic mass is 10.1. The number of carbonyl (C=O) groups is 1. The van der Waals surface area contributed by atoms with Crippen LogP contribution in [0.15, 0.2) is 113 Å². The maximum Gasteiger partial charge on any atom is 0.165 e. The van der Waals surface area contributed by atoms with Gasteiger partial charge in [0.1, 0.15) is 0 Å². The maximum absolute atomic E-state index is 9.97. The number of aliphatic imine (C=N–C) groups is 2. The fourth-order valence-corrected chi connectivity index (χ4v) is 2.73. The molecule has 4 rings (SSSR count). The summed E-state index contributed by atoms with van der Waals surface area (Å²) < 4.78 is 1.59. The summed E-state index contributed by atoms with van der Waals surface area (Å²) in [6.45, 7) is 0. The van der Waals surface area contributed by atoms with Crippen molar-refractivity contribution in [3.05, 3.63) is 126 Å². The number of aromatic nitrogens is 2. The normalized spacial score (nSPS) is 11.8. The van der Waals surface area contributed by atoms with Crippen molar-refractivity contribution in [2.24, 2.45) is 17.0 Å². The molecule has 0 bridgehead atoms. The zero-order valence-corrected chi connectivity index (χ0v) is 17.3. The van der Waals surface area contributed by atoms with Crippen LogP contribution in [-0.4, -0.2) is 28.5 Å². The molecule has 0 aliphatic heterocycles. The van der Waals surface area contributed by atoms with E-state index >= 15 is 0 Å². The van der Waals surface area contributed by atoms with Gasteiger partial charge in [-0.2, -0.15) is 5.10 Å². The van der Waals surface area contributed by atoms with E-state index in [4.69, 9.17) is 0 Å². The quantitative estimate of drug-likeness (QED) is 0.327.